The molecule has 0 radical (unpaired) electrons. The summed E-state index contributed by atoms with van der Waals surface area (Å²) < 4.78 is 0. The second kappa shape index (κ2) is 4.34. The van der Waals surface area contributed by atoms with Crippen molar-refractivity contribution in [2.75, 3.05) is 13.1 Å². The molecule has 3 nitrogen and oxygen atoms in total. The van der Waals surface area contributed by atoms with Crippen LogP contribution >= 0.6 is 0 Å². The van der Waals surface area contributed by atoms with E-state index in [0.29, 0.717) is 5.92 Å². The van der Waals surface area contributed by atoms with Crippen molar-refractivity contribution in [2.45, 2.75) is 18.8 Å². The summed E-state index contributed by atoms with van der Waals surface area (Å²) in [6, 6.07) is 6.27. The number of aldehydes is 1. The van der Waals surface area contributed by atoms with E-state index < -0.39 is 0 Å². The monoisotopic (exact) mass is 228 g/mol. The van der Waals surface area contributed by atoms with Crippen LogP contribution in [0.1, 0.15) is 34.7 Å². The van der Waals surface area contributed by atoms with E-state index in [0.717, 1.165) is 48.7 Å². The Kier molecular flexibility index (Phi) is 2.69. The third-order valence-corrected chi connectivity index (χ3v) is 3.67. The van der Waals surface area contributed by atoms with Crippen molar-refractivity contribution in [1.29, 1.82) is 0 Å². The third-order valence-electron chi connectivity index (χ3n) is 3.67. The smallest absolute Gasteiger partial charge is 0.152 e. The van der Waals surface area contributed by atoms with E-state index >= 15 is 0 Å². The van der Waals surface area contributed by atoms with Crippen LogP contribution < -0.4 is 5.32 Å². The van der Waals surface area contributed by atoms with E-state index in [1.54, 1.807) is 0 Å². The number of rotatable bonds is 2. The maximum Gasteiger partial charge on any atom is 0.152 e. The van der Waals surface area contributed by atoms with Gasteiger partial charge in [-0.25, -0.2) is 0 Å². The van der Waals surface area contributed by atoms with Crippen molar-refractivity contribution in [2.24, 2.45) is 0 Å². The highest BCUT2D eigenvalue weighted by atomic mass is 16.1. The topological polar surface area (TPSA) is 44.9 Å². The van der Waals surface area contributed by atoms with Gasteiger partial charge in [0.25, 0.3) is 0 Å². The number of fused-ring (bicyclic) bond motifs is 1. The standard InChI is InChI=1S/C14H16N2O/c17-9-11-8-16-13-3-1-2-12(14(11)13)10-4-6-15-7-5-10/h1-3,8-10,15-16H,4-7H2. The minimum Gasteiger partial charge on any atom is -0.360 e. The molecule has 0 atom stereocenters. The predicted molar refractivity (Wildman–Crippen MR) is 68.5 cm³/mol. The molecule has 0 aliphatic carbocycles. The Bertz CT molecular complexity index is 538. The van der Waals surface area contributed by atoms with Crippen LogP contribution in [0, 0.1) is 0 Å². The summed E-state index contributed by atoms with van der Waals surface area (Å²) >= 11 is 0. The van der Waals surface area contributed by atoms with Crippen molar-refractivity contribution in [3.8, 4) is 0 Å². The summed E-state index contributed by atoms with van der Waals surface area (Å²) in [4.78, 5) is 14.3. The van der Waals surface area contributed by atoms with Gasteiger partial charge in [-0.2, -0.15) is 0 Å². The van der Waals surface area contributed by atoms with Crippen LogP contribution in [-0.2, 0) is 0 Å². The first-order chi connectivity index (χ1) is 8.40. The molecule has 2 aromatic rings. The van der Waals surface area contributed by atoms with Crippen LogP contribution in [-0.4, -0.2) is 24.4 Å². The molecule has 1 aliphatic rings. The van der Waals surface area contributed by atoms with Gasteiger partial charge < -0.3 is 10.3 Å². The average molecular weight is 228 g/mol. The Hall–Kier alpha value is -1.61. The number of carbonyl (C=O) groups is 1. The fraction of sp³-hybridized carbons (Fsp3) is 0.357. The van der Waals surface area contributed by atoms with E-state index in [2.05, 4.69) is 22.4 Å². The molecular formula is C14H16N2O. The summed E-state index contributed by atoms with van der Waals surface area (Å²) in [5.41, 5.74) is 3.18. The number of aromatic amines is 1. The molecule has 1 aliphatic heterocycles. The van der Waals surface area contributed by atoms with Gasteiger partial charge in [-0.15, -0.1) is 0 Å². The first-order valence-electron chi connectivity index (χ1n) is 6.16. The lowest BCUT2D eigenvalue weighted by Gasteiger charge is -2.23. The van der Waals surface area contributed by atoms with Gasteiger partial charge in [0.2, 0.25) is 0 Å². The molecule has 2 N–H and O–H groups in total. The highest BCUT2D eigenvalue weighted by Crippen LogP contribution is 2.32. The third kappa shape index (κ3) is 1.76. The second-order valence-corrected chi connectivity index (χ2v) is 4.66. The van der Waals surface area contributed by atoms with E-state index in [4.69, 9.17) is 0 Å². The Morgan fingerprint density at radius 2 is 2.06 bits per heavy atom. The number of hydrogen-bond acceptors (Lipinski definition) is 2. The van der Waals surface area contributed by atoms with Crippen LogP contribution in [0.15, 0.2) is 24.4 Å². The highest BCUT2D eigenvalue weighted by Gasteiger charge is 2.19. The Morgan fingerprint density at radius 3 is 2.82 bits per heavy atom. The van der Waals surface area contributed by atoms with Crippen LogP contribution in [0.4, 0.5) is 0 Å². The first kappa shape index (κ1) is 10.5. The minimum absolute atomic E-state index is 0.578. The number of H-pyrrole nitrogens is 1. The Morgan fingerprint density at radius 1 is 1.24 bits per heavy atom. The van der Waals surface area contributed by atoms with Gasteiger partial charge >= 0.3 is 0 Å². The number of benzene rings is 1. The largest absolute Gasteiger partial charge is 0.360 e. The number of piperidine rings is 1. The fourth-order valence-corrected chi connectivity index (χ4v) is 2.81. The zero-order valence-electron chi connectivity index (χ0n) is 9.70. The average Bonchev–Trinajstić information content (AvgIpc) is 2.82. The fourth-order valence-electron chi connectivity index (χ4n) is 2.81. The predicted octanol–water partition coefficient (Wildman–Crippen LogP) is 2.45. The molecule has 17 heavy (non-hydrogen) atoms. The maximum atomic E-state index is 11.1. The quantitative estimate of drug-likeness (QED) is 0.775. The lowest BCUT2D eigenvalue weighted by molar-refractivity contribution is 0.112. The number of carbonyl (C=O) groups excluding carboxylic acids is 1. The first-order valence-corrected chi connectivity index (χ1v) is 6.16. The molecule has 1 saturated heterocycles. The molecule has 0 saturated carbocycles. The van der Waals surface area contributed by atoms with Crippen LogP contribution in [0.25, 0.3) is 10.9 Å². The number of aromatic nitrogens is 1. The molecular weight excluding hydrogens is 212 g/mol. The summed E-state index contributed by atoms with van der Waals surface area (Å²) in [6.45, 7) is 2.14. The maximum absolute atomic E-state index is 11.1. The molecule has 2 heterocycles. The van der Waals surface area contributed by atoms with E-state index in [1.807, 2.05) is 12.3 Å². The molecule has 0 unspecified atom stereocenters. The van der Waals surface area contributed by atoms with Crippen LogP contribution in [0.2, 0.25) is 0 Å². The normalized spacial score (nSPS) is 17.4. The molecule has 1 aromatic heterocycles. The SMILES string of the molecule is O=Cc1c[nH]c2cccc(C3CCNCC3)c12. The molecule has 3 heteroatoms. The van der Waals surface area contributed by atoms with Gasteiger partial charge in [0, 0.05) is 22.7 Å². The Labute approximate surface area is 100 Å². The van der Waals surface area contributed by atoms with Gasteiger partial charge in [-0.1, -0.05) is 12.1 Å². The van der Waals surface area contributed by atoms with Crippen molar-refractivity contribution < 1.29 is 4.79 Å². The van der Waals surface area contributed by atoms with Gasteiger partial charge in [-0.3, -0.25) is 4.79 Å². The second-order valence-electron chi connectivity index (χ2n) is 4.66. The summed E-state index contributed by atoms with van der Waals surface area (Å²) in [5, 5.41) is 4.50. The van der Waals surface area contributed by atoms with Crippen molar-refractivity contribution in [3.63, 3.8) is 0 Å². The van der Waals surface area contributed by atoms with Crippen LogP contribution in [0.5, 0.6) is 0 Å². The van der Waals surface area contributed by atoms with E-state index in [1.165, 1.54) is 5.56 Å². The summed E-state index contributed by atoms with van der Waals surface area (Å²) in [7, 11) is 0. The van der Waals surface area contributed by atoms with Gasteiger partial charge in [0.05, 0.1) is 0 Å². The number of hydrogen-bond donors (Lipinski definition) is 2. The molecule has 88 valence electrons. The molecule has 1 fully saturated rings. The van der Waals surface area contributed by atoms with Crippen molar-refractivity contribution in [3.05, 3.63) is 35.5 Å². The van der Waals surface area contributed by atoms with Gasteiger partial charge in [-0.05, 0) is 43.5 Å². The summed E-state index contributed by atoms with van der Waals surface area (Å²) in [6.07, 6.45) is 5.07. The van der Waals surface area contributed by atoms with Gasteiger partial charge in [0.15, 0.2) is 6.29 Å². The van der Waals surface area contributed by atoms with Crippen molar-refractivity contribution >= 4 is 17.2 Å². The highest BCUT2D eigenvalue weighted by molar-refractivity contribution is 5.99. The lowest BCUT2D eigenvalue weighted by Crippen LogP contribution is -2.26. The summed E-state index contributed by atoms with van der Waals surface area (Å²) in [5.74, 6) is 0.578. The molecule has 0 amide bonds. The zero-order valence-corrected chi connectivity index (χ0v) is 9.70. The molecule has 0 bridgehead atoms. The Balaban J connectivity index is 2.13. The van der Waals surface area contributed by atoms with E-state index in [9.17, 15) is 4.79 Å². The van der Waals surface area contributed by atoms with Gasteiger partial charge in [0.1, 0.15) is 0 Å². The minimum atomic E-state index is 0.578. The zero-order chi connectivity index (χ0) is 11.7. The van der Waals surface area contributed by atoms with E-state index in [-0.39, 0.29) is 0 Å². The number of nitrogens with one attached hydrogen (secondary N) is 2. The van der Waals surface area contributed by atoms with Crippen LogP contribution in [0.3, 0.4) is 0 Å². The van der Waals surface area contributed by atoms with Crippen molar-refractivity contribution in [1.82, 2.24) is 10.3 Å². The molecule has 0 spiro atoms. The molecule has 3 rings (SSSR count). The lowest BCUT2D eigenvalue weighted by atomic mass is 9.87. The molecule has 1 aromatic carbocycles.